The molecule has 0 fully saturated rings. The van der Waals surface area contributed by atoms with Gasteiger partial charge in [0.05, 0.1) is 11.4 Å². The van der Waals surface area contributed by atoms with Crippen LogP contribution in [0, 0.1) is 0 Å². The molecule has 0 atom stereocenters. The average molecular weight is 471 g/mol. The molecule has 1 aliphatic carbocycles. The molecule has 4 heteroatoms. The number of ketones is 2. The minimum atomic E-state index is -0.172. The first-order valence-electron chi connectivity index (χ1n) is 12.2. The van der Waals surface area contributed by atoms with E-state index < -0.39 is 0 Å². The third kappa shape index (κ3) is 4.71. The zero-order valence-corrected chi connectivity index (χ0v) is 20.4. The Morgan fingerprint density at radius 2 is 0.917 bits per heavy atom. The van der Waals surface area contributed by atoms with Crippen molar-refractivity contribution in [1.29, 1.82) is 0 Å². The van der Waals surface area contributed by atoms with E-state index in [2.05, 4.69) is 48.1 Å². The van der Waals surface area contributed by atoms with Crippen LogP contribution in [0.4, 0.5) is 11.4 Å². The number of aliphatic imine (C=N–C) groups is 2. The van der Waals surface area contributed by atoms with Crippen LogP contribution in [0.25, 0.3) is 0 Å². The fraction of sp³-hybridized carbons (Fsp3) is 0.125. The standard InChI is InChI=1S/C32H26N2O2/c1-3-21-5-9-23(10-6-21)19-33-25-13-15-27-29(17-25)31(35)28-16-14-26(18-30(28)32(27)36)34-20-24-11-7-22(4-2)8-12-24/h5-20H,3-4H2,1-2H3. The number of carbonyl (C=O) groups is 2. The molecule has 0 bridgehead atoms. The second-order valence-electron chi connectivity index (χ2n) is 8.82. The van der Waals surface area contributed by atoms with Crippen molar-refractivity contribution in [2.75, 3.05) is 0 Å². The van der Waals surface area contributed by atoms with E-state index in [0.29, 0.717) is 33.6 Å². The number of rotatable bonds is 6. The molecule has 0 radical (unpaired) electrons. The van der Waals surface area contributed by atoms with Crippen LogP contribution in [-0.2, 0) is 12.8 Å². The molecule has 0 spiro atoms. The lowest BCUT2D eigenvalue weighted by atomic mass is 9.83. The van der Waals surface area contributed by atoms with Gasteiger partial charge in [-0.15, -0.1) is 0 Å². The van der Waals surface area contributed by atoms with Gasteiger partial charge in [-0.05, 0) is 71.5 Å². The monoisotopic (exact) mass is 470 g/mol. The second kappa shape index (κ2) is 10.0. The predicted octanol–water partition coefficient (Wildman–Crippen LogP) is 7.09. The van der Waals surface area contributed by atoms with E-state index in [1.807, 2.05) is 24.3 Å². The molecule has 0 saturated carbocycles. The topological polar surface area (TPSA) is 58.9 Å². The summed E-state index contributed by atoms with van der Waals surface area (Å²) in [5, 5.41) is 0. The first kappa shape index (κ1) is 23.3. The number of hydrogen-bond acceptors (Lipinski definition) is 4. The number of carbonyl (C=O) groups excluding carboxylic acids is 2. The lowest BCUT2D eigenvalue weighted by Crippen LogP contribution is -2.20. The van der Waals surface area contributed by atoms with Gasteiger partial charge in [-0.3, -0.25) is 19.6 Å². The van der Waals surface area contributed by atoms with Crippen LogP contribution in [0.1, 0.15) is 67.9 Å². The van der Waals surface area contributed by atoms with Gasteiger partial charge in [0.1, 0.15) is 0 Å². The molecule has 4 aromatic carbocycles. The van der Waals surface area contributed by atoms with Gasteiger partial charge in [-0.25, -0.2) is 0 Å². The SMILES string of the molecule is CCc1ccc(C=Nc2ccc3c(c2)C(=O)c2ccc(N=Cc4ccc(CC)cc4)cc2C3=O)cc1. The summed E-state index contributed by atoms with van der Waals surface area (Å²) < 4.78 is 0. The Kier molecular flexibility index (Phi) is 6.50. The smallest absolute Gasteiger partial charge is 0.194 e. The number of fused-ring (bicyclic) bond motifs is 2. The molecule has 0 amide bonds. The van der Waals surface area contributed by atoms with E-state index in [1.54, 1.807) is 48.8 Å². The van der Waals surface area contributed by atoms with Crippen molar-refractivity contribution in [3.05, 3.63) is 129 Å². The van der Waals surface area contributed by atoms with Crippen molar-refractivity contribution in [2.45, 2.75) is 26.7 Å². The van der Waals surface area contributed by atoms with Crippen molar-refractivity contribution in [3.63, 3.8) is 0 Å². The molecule has 0 heterocycles. The quantitative estimate of drug-likeness (QED) is 0.249. The van der Waals surface area contributed by atoms with Crippen LogP contribution in [0.15, 0.2) is 94.9 Å². The van der Waals surface area contributed by atoms with Gasteiger partial charge >= 0.3 is 0 Å². The Hall–Kier alpha value is -4.44. The predicted molar refractivity (Wildman–Crippen MR) is 146 cm³/mol. The molecular weight excluding hydrogens is 444 g/mol. The summed E-state index contributed by atoms with van der Waals surface area (Å²) in [5.74, 6) is -0.343. The van der Waals surface area contributed by atoms with E-state index >= 15 is 0 Å². The summed E-state index contributed by atoms with van der Waals surface area (Å²) in [6, 6.07) is 26.7. The number of hydrogen-bond donors (Lipinski definition) is 0. The summed E-state index contributed by atoms with van der Waals surface area (Å²) in [7, 11) is 0. The zero-order valence-electron chi connectivity index (χ0n) is 20.4. The summed E-state index contributed by atoms with van der Waals surface area (Å²) in [4.78, 5) is 35.6. The third-order valence-corrected chi connectivity index (χ3v) is 6.49. The highest BCUT2D eigenvalue weighted by Gasteiger charge is 2.30. The van der Waals surface area contributed by atoms with Crippen molar-refractivity contribution in [2.24, 2.45) is 9.98 Å². The molecule has 176 valence electrons. The Morgan fingerprint density at radius 3 is 1.28 bits per heavy atom. The van der Waals surface area contributed by atoms with Gasteiger partial charge in [0, 0.05) is 34.7 Å². The minimum Gasteiger partial charge on any atom is -0.289 e. The van der Waals surface area contributed by atoms with Gasteiger partial charge in [0.25, 0.3) is 0 Å². The maximum Gasteiger partial charge on any atom is 0.194 e. The normalized spacial score (nSPS) is 12.8. The van der Waals surface area contributed by atoms with E-state index in [1.165, 1.54) is 11.1 Å². The molecular formula is C32H26N2O2. The fourth-order valence-electron chi connectivity index (χ4n) is 4.26. The van der Waals surface area contributed by atoms with Gasteiger partial charge in [-0.1, -0.05) is 62.4 Å². The van der Waals surface area contributed by atoms with E-state index in [9.17, 15) is 9.59 Å². The van der Waals surface area contributed by atoms with Crippen molar-refractivity contribution in [3.8, 4) is 0 Å². The highest BCUT2D eigenvalue weighted by Crippen LogP contribution is 2.32. The van der Waals surface area contributed by atoms with Crippen molar-refractivity contribution < 1.29 is 9.59 Å². The van der Waals surface area contributed by atoms with E-state index in [4.69, 9.17) is 0 Å². The van der Waals surface area contributed by atoms with Crippen LogP contribution >= 0.6 is 0 Å². The first-order chi connectivity index (χ1) is 17.6. The van der Waals surface area contributed by atoms with Crippen LogP contribution in [0.2, 0.25) is 0 Å². The highest BCUT2D eigenvalue weighted by molar-refractivity contribution is 6.28. The Balaban J connectivity index is 1.39. The Morgan fingerprint density at radius 1 is 0.528 bits per heavy atom. The molecule has 5 rings (SSSR count). The van der Waals surface area contributed by atoms with E-state index in [0.717, 1.165) is 24.0 Å². The Labute approximate surface area is 211 Å². The summed E-state index contributed by atoms with van der Waals surface area (Å²) in [6.45, 7) is 4.24. The Bertz CT molecular complexity index is 1390. The van der Waals surface area contributed by atoms with Gasteiger partial charge < -0.3 is 0 Å². The molecule has 0 saturated heterocycles. The van der Waals surface area contributed by atoms with Gasteiger partial charge in [0.15, 0.2) is 11.6 Å². The maximum absolute atomic E-state index is 13.3. The fourth-order valence-corrected chi connectivity index (χ4v) is 4.26. The number of aryl methyl sites for hydroxylation is 2. The highest BCUT2D eigenvalue weighted by atomic mass is 16.1. The van der Waals surface area contributed by atoms with Crippen LogP contribution < -0.4 is 0 Å². The summed E-state index contributed by atoms with van der Waals surface area (Å²) >= 11 is 0. The molecule has 1 aliphatic rings. The minimum absolute atomic E-state index is 0.172. The third-order valence-electron chi connectivity index (χ3n) is 6.49. The molecule has 4 nitrogen and oxygen atoms in total. The molecule has 0 aromatic heterocycles. The summed E-state index contributed by atoms with van der Waals surface area (Å²) in [6.07, 6.45) is 5.51. The maximum atomic E-state index is 13.3. The molecule has 0 N–H and O–H groups in total. The van der Waals surface area contributed by atoms with Crippen LogP contribution in [0.5, 0.6) is 0 Å². The second-order valence-corrected chi connectivity index (χ2v) is 8.82. The van der Waals surface area contributed by atoms with Crippen LogP contribution in [0.3, 0.4) is 0 Å². The molecule has 4 aromatic rings. The van der Waals surface area contributed by atoms with Crippen molar-refractivity contribution >= 4 is 35.4 Å². The largest absolute Gasteiger partial charge is 0.289 e. The van der Waals surface area contributed by atoms with Gasteiger partial charge in [0.2, 0.25) is 0 Å². The number of benzene rings is 4. The first-order valence-corrected chi connectivity index (χ1v) is 12.2. The average Bonchev–Trinajstić information content (AvgIpc) is 2.94. The van der Waals surface area contributed by atoms with Crippen molar-refractivity contribution in [1.82, 2.24) is 0 Å². The lowest BCUT2D eigenvalue weighted by molar-refractivity contribution is 0.0979. The zero-order chi connectivity index (χ0) is 25.1. The number of nitrogens with zero attached hydrogens (tertiary/aromatic N) is 2. The van der Waals surface area contributed by atoms with E-state index in [-0.39, 0.29) is 11.6 Å². The molecule has 36 heavy (non-hydrogen) atoms. The molecule has 0 unspecified atom stereocenters. The lowest BCUT2D eigenvalue weighted by Gasteiger charge is -2.18. The van der Waals surface area contributed by atoms with Crippen LogP contribution in [-0.4, -0.2) is 24.0 Å². The molecule has 0 aliphatic heterocycles. The van der Waals surface area contributed by atoms with Gasteiger partial charge in [-0.2, -0.15) is 0 Å². The summed E-state index contributed by atoms with van der Waals surface area (Å²) in [5.41, 5.74) is 7.32.